The molecule has 0 aliphatic heterocycles. The smallest absolute Gasteiger partial charge is 0.437 e. The summed E-state index contributed by atoms with van der Waals surface area (Å²) in [5.74, 6) is 0.370. The number of halogens is 3. The van der Waals surface area contributed by atoms with Gasteiger partial charge in [0.05, 0.1) is 12.7 Å². The van der Waals surface area contributed by atoms with Crippen molar-refractivity contribution in [1.29, 1.82) is 0 Å². The molecule has 1 aromatic heterocycles. The molecule has 2 rings (SSSR count). The minimum atomic E-state index is -4.60. The fourth-order valence-corrected chi connectivity index (χ4v) is 1.77. The monoisotopic (exact) mass is 272 g/mol. The Morgan fingerprint density at radius 1 is 1.32 bits per heavy atom. The third kappa shape index (κ3) is 2.41. The molecule has 0 saturated carbocycles. The zero-order valence-electron chi connectivity index (χ0n) is 9.99. The second-order valence-electron chi connectivity index (χ2n) is 3.74. The Bertz CT molecular complexity index is 579. The number of nitrogens with zero attached hydrogens (tertiary/aromatic N) is 1. The molecule has 7 heteroatoms. The summed E-state index contributed by atoms with van der Waals surface area (Å²) in [6.07, 6.45) is -4.60. The average Bonchev–Trinajstić information content (AvgIpc) is 2.82. The van der Waals surface area contributed by atoms with E-state index in [4.69, 9.17) is 15.0 Å². The number of para-hydroxylation sites is 1. The number of hydrogen-bond acceptors (Lipinski definition) is 4. The maximum absolute atomic E-state index is 12.7. The highest BCUT2D eigenvalue weighted by Crippen LogP contribution is 2.38. The molecule has 102 valence electrons. The number of methoxy groups -OCH3 is 1. The molecule has 19 heavy (non-hydrogen) atoms. The van der Waals surface area contributed by atoms with Gasteiger partial charge in [-0.15, -0.1) is 0 Å². The fourth-order valence-electron chi connectivity index (χ4n) is 1.77. The minimum Gasteiger partial charge on any atom is -0.496 e. The van der Waals surface area contributed by atoms with E-state index in [0.717, 1.165) is 0 Å². The maximum atomic E-state index is 12.7. The Balaban J connectivity index is 2.61. The van der Waals surface area contributed by atoms with Crippen LogP contribution in [0.15, 0.2) is 28.8 Å². The molecule has 1 heterocycles. The quantitative estimate of drug-likeness (QED) is 0.933. The third-order valence-electron chi connectivity index (χ3n) is 2.61. The summed E-state index contributed by atoms with van der Waals surface area (Å²) in [6, 6.07) is 6.56. The van der Waals surface area contributed by atoms with Crippen LogP contribution in [-0.4, -0.2) is 12.3 Å². The summed E-state index contributed by atoms with van der Waals surface area (Å²) in [6.45, 7) is -0.328. The number of aromatic nitrogens is 1. The Kier molecular flexibility index (Phi) is 3.48. The van der Waals surface area contributed by atoms with Gasteiger partial charge in [-0.2, -0.15) is 13.2 Å². The van der Waals surface area contributed by atoms with Crippen molar-refractivity contribution in [3.63, 3.8) is 0 Å². The minimum absolute atomic E-state index is 0.0210. The molecule has 2 aromatic rings. The second-order valence-corrected chi connectivity index (χ2v) is 3.74. The van der Waals surface area contributed by atoms with Gasteiger partial charge in [0.25, 0.3) is 0 Å². The number of hydrogen-bond donors (Lipinski definition) is 1. The highest BCUT2D eigenvalue weighted by molar-refractivity contribution is 5.69. The van der Waals surface area contributed by atoms with Gasteiger partial charge in [-0.25, -0.2) is 0 Å². The van der Waals surface area contributed by atoms with Gasteiger partial charge in [0.15, 0.2) is 11.5 Å². The van der Waals surface area contributed by atoms with Crippen LogP contribution in [0.1, 0.15) is 11.3 Å². The van der Waals surface area contributed by atoms with E-state index in [1.165, 1.54) is 7.11 Å². The van der Waals surface area contributed by atoms with Crippen molar-refractivity contribution in [2.45, 2.75) is 12.7 Å². The van der Waals surface area contributed by atoms with Crippen LogP contribution in [0.3, 0.4) is 0 Å². The topological polar surface area (TPSA) is 61.3 Å². The van der Waals surface area contributed by atoms with Crippen molar-refractivity contribution in [1.82, 2.24) is 5.16 Å². The Morgan fingerprint density at radius 2 is 2.00 bits per heavy atom. The van der Waals surface area contributed by atoms with Crippen LogP contribution < -0.4 is 10.5 Å². The number of ether oxygens (including phenoxy) is 1. The summed E-state index contributed by atoms with van der Waals surface area (Å²) < 4.78 is 48.1. The van der Waals surface area contributed by atoms with Gasteiger partial charge in [0.2, 0.25) is 0 Å². The van der Waals surface area contributed by atoms with Crippen molar-refractivity contribution in [3.05, 3.63) is 35.5 Å². The van der Waals surface area contributed by atoms with Crippen molar-refractivity contribution in [2.24, 2.45) is 5.73 Å². The average molecular weight is 272 g/mol. The molecule has 0 aliphatic rings. The molecular weight excluding hydrogens is 261 g/mol. The lowest BCUT2D eigenvalue weighted by atomic mass is 10.1. The first-order valence-corrected chi connectivity index (χ1v) is 5.38. The largest absolute Gasteiger partial charge is 0.496 e. The molecule has 2 N–H and O–H groups in total. The zero-order chi connectivity index (χ0) is 14.0. The fraction of sp³-hybridized carbons (Fsp3) is 0.250. The number of rotatable bonds is 3. The molecule has 0 radical (unpaired) electrons. The van der Waals surface area contributed by atoms with Crippen LogP contribution in [0, 0.1) is 0 Å². The highest BCUT2D eigenvalue weighted by Gasteiger charge is 2.39. The van der Waals surface area contributed by atoms with Crippen LogP contribution in [0.4, 0.5) is 13.2 Å². The first-order chi connectivity index (χ1) is 8.99. The van der Waals surface area contributed by atoms with Gasteiger partial charge in [-0.1, -0.05) is 17.3 Å². The third-order valence-corrected chi connectivity index (χ3v) is 2.61. The first-order valence-electron chi connectivity index (χ1n) is 5.38. The van der Waals surface area contributed by atoms with Crippen molar-refractivity contribution < 1.29 is 22.4 Å². The lowest BCUT2D eigenvalue weighted by Gasteiger charge is -2.07. The van der Waals surface area contributed by atoms with Crippen LogP contribution in [0.5, 0.6) is 5.75 Å². The molecule has 0 bridgehead atoms. The van der Waals surface area contributed by atoms with Crippen LogP contribution >= 0.6 is 0 Å². The van der Waals surface area contributed by atoms with E-state index < -0.39 is 11.9 Å². The summed E-state index contributed by atoms with van der Waals surface area (Å²) in [5.41, 5.74) is 4.48. The van der Waals surface area contributed by atoms with Gasteiger partial charge in [-0.3, -0.25) is 0 Å². The van der Waals surface area contributed by atoms with Gasteiger partial charge < -0.3 is 15.0 Å². The molecular formula is C12H11F3N2O2. The Hall–Kier alpha value is -2.02. The van der Waals surface area contributed by atoms with E-state index in [1.54, 1.807) is 24.3 Å². The van der Waals surface area contributed by atoms with Gasteiger partial charge in [0, 0.05) is 12.1 Å². The van der Waals surface area contributed by atoms with Gasteiger partial charge in [-0.05, 0) is 12.1 Å². The van der Waals surface area contributed by atoms with Crippen LogP contribution in [0.25, 0.3) is 11.3 Å². The van der Waals surface area contributed by atoms with Crippen molar-refractivity contribution in [2.75, 3.05) is 7.11 Å². The van der Waals surface area contributed by atoms with Crippen molar-refractivity contribution >= 4 is 0 Å². The lowest BCUT2D eigenvalue weighted by molar-refractivity contribution is -0.143. The van der Waals surface area contributed by atoms with E-state index in [0.29, 0.717) is 11.3 Å². The van der Waals surface area contributed by atoms with E-state index in [-0.39, 0.29) is 17.9 Å². The summed E-state index contributed by atoms with van der Waals surface area (Å²) in [5, 5.41) is 3.07. The van der Waals surface area contributed by atoms with E-state index in [1.807, 2.05) is 0 Å². The summed E-state index contributed by atoms with van der Waals surface area (Å²) in [4.78, 5) is 0. The van der Waals surface area contributed by atoms with Gasteiger partial charge >= 0.3 is 6.18 Å². The highest BCUT2D eigenvalue weighted by atomic mass is 19.4. The number of alkyl halides is 3. The summed E-state index contributed by atoms with van der Waals surface area (Å²) >= 11 is 0. The molecule has 0 atom stereocenters. The second kappa shape index (κ2) is 4.93. The van der Waals surface area contributed by atoms with Crippen molar-refractivity contribution in [3.8, 4) is 17.1 Å². The zero-order valence-corrected chi connectivity index (χ0v) is 9.99. The molecule has 1 aromatic carbocycles. The molecule has 0 unspecified atom stereocenters. The summed E-state index contributed by atoms with van der Waals surface area (Å²) in [7, 11) is 1.42. The molecule has 0 saturated heterocycles. The van der Waals surface area contributed by atoms with E-state index in [2.05, 4.69) is 5.16 Å². The number of benzene rings is 1. The SMILES string of the molecule is COc1ccccc1-c1onc(C(F)(F)F)c1CN. The van der Waals surface area contributed by atoms with E-state index in [9.17, 15) is 13.2 Å². The maximum Gasteiger partial charge on any atom is 0.437 e. The molecule has 0 amide bonds. The Morgan fingerprint density at radius 3 is 2.58 bits per heavy atom. The molecule has 0 aliphatic carbocycles. The van der Waals surface area contributed by atoms with Gasteiger partial charge in [0.1, 0.15) is 5.75 Å². The van der Waals surface area contributed by atoms with Crippen LogP contribution in [-0.2, 0) is 12.7 Å². The predicted molar refractivity (Wildman–Crippen MR) is 61.4 cm³/mol. The molecule has 4 nitrogen and oxygen atoms in total. The standard InChI is InChI=1S/C12H11F3N2O2/c1-18-9-5-3-2-4-7(9)10-8(6-16)11(17-19-10)12(13,14)15/h2-5H,6,16H2,1H3. The van der Waals surface area contributed by atoms with E-state index >= 15 is 0 Å². The normalized spacial score (nSPS) is 11.6. The first kappa shape index (κ1) is 13.4. The Labute approximate surface area is 106 Å². The van der Waals surface area contributed by atoms with Crippen LogP contribution in [0.2, 0.25) is 0 Å². The molecule has 0 fully saturated rings. The molecule has 0 spiro atoms. The predicted octanol–water partition coefficient (Wildman–Crippen LogP) is 2.83. The lowest BCUT2D eigenvalue weighted by Crippen LogP contribution is -2.11. The number of nitrogens with two attached hydrogens (primary N) is 1.